The summed E-state index contributed by atoms with van der Waals surface area (Å²) in [6, 6.07) is 25.5. The molecule has 0 fully saturated rings. The molecule has 27 heavy (non-hydrogen) atoms. The number of hydrogen-bond donors (Lipinski definition) is 1. The van der Waals surface area contributed by atoms with Gasteiger partial charge in [0.1, 0.15) is 5.75 Å². The number of rotatable bonds is 6. The van der Waals surface area contributed by atoms with Crippen LogP contribution >= 0.6 is 0 Å². The van der Waals surface area contributed by atoms with E-state index in [-0.39, 0.29) is 5.91 Å². The fraction of sp³-hybridized carbons (Fsp3) is 0.125. The lowest BCUT2D eigenvalue weighted by Gasteiger charge is -2.11. The average molecular weight is 357 g/mol. The van der Waals surface area contributed by atoms with Crippen LogP contribution in [0, 0.1) is 6.92 Å². The maximum Gasteiger partial charge on any atom is 0.252 e. The highest BCUT2D eigenvalue weighted by atomic mass is 16.5. The Morgan fingerprint density at radius 3 is 2.30 bits per heavy atom. The van der Waals surface area contributed by atoms with Crippen molar-refractivity contribution < 1.29 is 9.53 Å². The van der Waals surface area contributed by atoms with Crippen molar-refractivity contribution in [3.8, 4) is 5.75 Å². The summed E-state index contributed by atoms with van der Waals surface area (Å²) in [6.07, 6.45) is 1.87. The van der Waals surface area contributed by atoms with Crippen LogP contribution in [0.15, 0.2) is 78.9 Å². The van der Waals surface area contributed by atoms with E-state index in [0.29, 0.717) is 12.1 Å². The molecule has 3 rings (SSSR count). The second-order valence-corrected chi connectivity index (χ2v) is 6.33. The van der Waals surface area contributed by atoms with Crippen molar-refractivity contribution in [2.75, 3.05) is 7.11 Å². The zero-order valence-corrected chi connectivity index (χ0v) is 15.6. The van der Waals surface area contributed by atoms with Crippen LogP contribution < -0.4 is 10.1 Å². The SMILES string of the molecule is COc1ccccc1/C=C(/C(=O)NCc1ccc(C)cc1)c1ccccc1. The quantitative estimate of drug-likeness (QED) is 0.505. The number of nitrogens with one attached hydrogen (secondary N) is 1. The third-order valence-corrected chi connectivity index (χ3v) is 4.34. The number of methoxy groups -OCH3 is 1. The summed E-state index contributed by atoms with van der Waals surface area (Å²) in [5.41, 5.74) is 4.60. The van der Waals surface area contributed by atoms with E-state index in [2.05, 4.69) is 5.32 Å². The molecule has 0 radical (unpaired) electrons. The number of amides is 1. The molecule has 0 aromatic heterocycles. The summed E-state index contributed by atoms with van der Waals surface area (Å²) < 4.78 is 5.43. The van der Waals surface area contributed by atoms with Crippen LogP contribution in [-0.2, 0) is 11.3 Å². The van der Waals surface area contributed by atoms with Gasteiger partial charge in [0.15, 0.2) is 0 Å². The van der Waals surface area contributed by atoms with Crippen molar-refractivity contribution in [2.24, 2.45) is 0 Å². The maximum atomic E-state index is 13.0. The van der Waals surface area contributed by atoms with E-state index in [1.54, 1.807) is 7.11 Å². The van der Waals surface area contributed by atoms with Gasteiger partial charge in [0.05, 0.1) is 7.11 Å². The zero-order chi connectivity index (χ0) is 19.1. The van der Waals surface area contributed by atoms with Gasteiger partial charge in [-0.2, -0.15) is 0 Å². The number of hydrogen-bond acceptors (Lipinski definition) is 2. The van der Waals surface area contributed by atoms with E-state index in [9.17, 15) is 4.79 Å². The van der Waals surface area contributed by atoms with Crippen LogP contribution in [0.1, 0.15) is 22.3 Å². The Balaban J connectivity index is 1.89. The van der Waals surface area contributed by atoms with Gasteiger partial charge in [0.25, 0.3) is 5.91 Å². The van der Waals surface area contributed by atoms with Gasteiger partial charge >= 0.3 is 0 Å². The van der Waals surface area contributed by atoms with Crippen molar-refractivity contribution in [3.05, 3.63) is 101 Å². The Bertz CT molecular complexity index is 928. The van der Waals surface area contributed by atoms with Gasteiger partial charge < -0.3 is 10.1 Å². The molecule has 0 aliphatic heterocycles. The lowest BCUT2D eigenvalue weighted by atomic mass is 10.0. The normalized spacial score (nSPS) is 11.1. The van der Waals surface area contributed by atoms with Crippen LogP contribution in [0.2, 0.25) is 0 Å². The Kier molecular flexibility index (Phi) is 6.06. The molecular weight excluding hydrogens is 334 g/mol. The van der Waals surface area contributed by atoms with Crippen LogP contribution in [0.4, 0.5) is 0 Å². The van der Waals surface area contributed by atoms with E-state index >= 15 is 0 Å². The predicted octanol–water partition coefficient (Wildman–Crippen LogP) is 4.86. The summed E-state index contributed by atoms with van der Waals surface area (Å²) in [5, 5.41) is 3.03. The first-order chi connectivity index (χ1) is 13.2. The van der Waals surface area contributed by atoms with Gasteiger partial charge in [-0.15, -0.1) is 0 Å². The highest BCUT2D eigenvalue weighted by Gasteiger charge is 2.13. The molecule has 0 aliphatic carbocycles. The molecule has 0 saturated carbocycles. The fourth-order valence-electron chi connectivity index (χ4n) is 2.82. The van der Waals surface area contributed by atoms with Crippen molar-refractivity contribution in [2.45, 2.75) is 13.5 Å². The summed E-state index contributed by atoms with van der Waals surface area (Å²) >= 11 is 0. The van der Waals surface area contributed by atoms with E-state index in [4.69, 9.17) is 4.74 Å². The molecule has 0 heterocycles. The van der Waals surface area contributed by atoms with Crippen molar-refractivity contribution >= 4 is 17.6 Å². The van der Waals surface area contributed by atoms with Gasteiger partial charge in [-0.25, -0.2) is 0 Å². The summed E-state index contributed by atoms with van der Waals surface area (Å²) in [6.45, 7) is 2.53. The topological polar surface area (TPSA) is 38.3 Å². The molecule has 0 aliphatic rings. The molecule has 136 valence electrons. The maximum absolute atomic E-state index is 13.0. The van der Waals surface area contributed by atoms with Gasteiger partial charge in [0.2, 0.25) is 0 Å². The van der Waals surface area contributed by atoms with E-state index < -0.39 is 0 Å². The number of carbonyl (C=O) groups excluding carboxylic acids is 1. The largest absolute Gasteiger partial charge is 0.496 e. The molecule has 3 aromatic rings. The zero-order valence-electron chi connectivity index (χ0n) is 15.6. The van der Waals surface area contributed by atoms with E-state index in [1.165, 1.54) is 5.56 Å². The predicted molar refractivity (Wildman–Crippen MR) is 110 cm³/mol. The second-order valence-electron chi connectivity index (χ2n) is 6.33. The molecular formula is C24H23NO2. The van der Waals surface area contributed by atoms with Gasteiger partial charge in [-0.1, -0.05) is 78.4 Å². The second kappa shape index (κ2) is 8.86. The lowest BCUT2D eigenvalue weighted by Crippen LogP contribution is -2.23. The Hall–Kier alpha value is -3.33. The molecule has 0 saturated heterocycles. The van der Waals surface area contributed by atoms with Crippen molar-refractivity contribution in [1.82, 2.24) is 5.32 Å². The number of para-hydroxylation sites is 1. The molecule has 1 amide bonds. The number of benzene rings is 3. The third kappa shape index (κ3) is 4.85. The molecule has 0 atom stereocenters. The van der Waals surface area contributed by atoms with E-state index in [0.717, 1.165) is 22.4 Å². The Labute approximate surface area is 160 Å². The van der Waals surface area contributed by atoms with Crippen LogP contribution in [0.5, 0.6) is 5.75 Å². The molecule has 3 aromatic carbocycles. The standard InChI is InChI=1S/C24H23NO2/c1-18-12-14-19(15-13-18)17-25-24(26)22(20-8-4-3-5-9-20)16-21-10-6-7-11-23(21)27-2/h3-16H,17H2,1-2H3,(H,25,26)/b22-16+. The third-order valence-electron chi connectivity index (χ3n) is 4.34. The Morgan fingerprint density at radius 1 is 0.926 bits per heavy atom. The van der Waals surface area contributed by atoms with Crippen LogP contribution in [0.25, 0.3) is 11.6 Å². The van der Waals surface area contributed by atoms with Crippen molar-refractivity contribution in [3.63, 3.8) is 0 Å². The number of aryl methyl sites for hydroxylation is 1. The summed E-state index contributed by atoms with van der Waals surface area (Å²) in [7, 11) is 1.63. The summed E-state index contributed by atoms with van der Waals surface area (Å²) in [5.74, 6) is 0.616. The molecule has 3 heteroatoms. The Morgan fingerprint density at radius 2 is 1.59 bits per heavy atom. The number of carbonyl (C=O) groups is 1. The fourth-order valence-corrected chi connectivity index (χ4v) is 2.82. The van der Waals surface area contributed by atoms with Crippen molar-refractivity contribution in [1.29, 1.82) is 0 Å². The molecule has 0 bridgehead atoms. The number of ether oxygens (including phenoxy) is 1. The monoisotopic (exact) mass is 357 g/mol. The van der Waals surface area contributed by atoms with Crippen LogP contribution in [0.3, 0.4) is 0 Å². The van der Waals surface area contributed by atoms with Crippen LogP contribution in [-0.4, -0.2) is 13.0 Å². The minimum Gasteiger partial charge on any atom is -0.496 e. The highest BCUT2D eigenvalue weighted by Crippen LogP contribution is 2.25. The molecule has 1 N–H and O–H groups in total. The molecule has 0 spiro atoms. The van der Waals surface area contributed by atoms with E-state index in [1.807, 2.05) is 91.9 Å². The lowest BCUT2D eigenvalue weighted by molar-refractivity contribution is -0.115. The van der Waals surface area contributed by atoms with Gasteiger partial charge in [0, 0.05) is 17.7 Å². The smallest absolute Gasteiger partial charge is 0.252 e. The minimum atomic E-state index is -0.118. The first kappa shape index (κ1) is 18.5. The first-order valence-electron chi connectivity index (χ1n) is 8.91. The average Bonchev–Trinajstić information content (AvgIpc) is 2.72. The molecule has 3 nitrogen and oxygen atoms in total. The molecule has 0 unspecified atom stereocenters. The first-order valence-corrected chi connectivity index (χ1v) is 8.91. The van der Waals surface area contributed by atoms with Gasteiger partial charge in [-0.3, -0.25) is 4.79 Å². The summed E-state index contributed by atoms with van der Waals surface area (Å²) in [4.78, 5) is 13.0. The highest BCUT2D eigenvalue weighted by molar-refractivity contribution is 6.24. The van der Waals surface area contributed by atoms with Gasteiger partial charge in [-0.05, 0) is 30.2 Å². The minimum absolute atomic E-state index is 0.118.